The molecule has 1 saturated heterocycles. The van der Waals surface area contributed by atoms with E-state index in [-0.39, 0.29) is 12.6 Å². The molecule has 1 aliphatic heterocycles. The third kappa shape index (κ3) is 4.74. The molecule has 1 aliphatic rings. The van der Waals surface area contributed by atoms with Crippen molar-refractivity contribution in [3.8, 4) is 5.75 Å². The summed E-state index contributed by atoms with van der Waals surface area (Å²) < 4.78 is 10.5. The Kier molecular flexibility index (Phi) is 6.08. The van der Waals surface area contributed by atoms with Gasteiger partial charge >= 0.3 is 6.03 Å². The van der Waals surface area contributed by atoms with Gasteiger partial charge in [-0.1, -0.05) is 11.6 Å². The molecule has 9 heteroatoms. The standard InChI is InChI=1S/C17H20ClN5O3/c1-25-15-3-2-12(18)10-14(15)22-17(24)20-11-13-4-5-19-16(21-13)23-6-8-26-9-7-23/h2-5,10H,6-9,11H2,1H3,(H2,20,22,24). The molecular weight excluding hydrogens is 358 g/mol. The molecule has 2 aromatic rings. The lowest BCUT2D eigenvalue weighted by Gasteiger charge is -2.26. The van der Waals surface area contributed by atoms with Crippen LogP contribution >= 0.6 is 11.6 Å². The molecule has 1 fully saturated rings. The molecule has 1 aromatic carbocycles. The maximum Gasteiger partial charge on any atom is 0.319 e. The number of urea groups is 1. The SMILES string of the molecule is COc1ccc(Cl)cc1NC(=O)NCc1ccnc(N2CCOCC2)n1. The van der Waals surface area contributed by atoms with E-state index >= 15 is 0 Å². The van der Waals surface area contributed by atoms with Crippen molar-refractivity contribution in [2.45, 2.75) is 6.54 Å². The molecule has 0 aliphatic carbocycles. The summed E-state index contributed by atoms with van der Waals surface area (Å²) in [7, 11) is 1.53. The molecule has 3 rings (SSSR count). The summed E-state index contributed by atoms with van der Waals surface area (Å²) in [4.78, 5) is 23.0. The monoisotopic (exact) mass is 377 g/mol. The van der Waals surface area contributed by atoms with Crippen LogP contribution in [0.3, 0.4) is 0 Å². The zero-order valence-corrected chi connectivity index (χ0v) is 15.1. The van der Waals surface area contributed by atoms with Crippen LogP contribution in [-0.2, 0) is 11.3 Å². The van der Waals surface area contributed by atoms with Gasteiger partial charge in [-0.05, 0) is 24.3 Å². The fourth-order valence-corrected chi connectivity index (χ4v) is 2.69. The Balaban J connectivity index is 1.58. The Morgan fingerprint density at radius 3 is 2.92 bits per heavy atom. The molecule has 0 radical (unpaired) electrons. The second kappa shape index (κ2) is 8.68. The van der Waals surface area contributed by atoms with Crippen molar-refractivity contribution in [3.05, 3.63) is 41.2 Å². The van der Waals surface area contributed by atoms with Crippen molar-refractivity contribution < 1.29 is 14.3 Å². The van der Waals surface area contributed by atoms with Gasteiger partial charge in [-0.2, -0.15) is 0 Å². The van der Waals surface area contributed by atoms with Crippen molar-refractivity contribution in [1.29, 1.82) is 0 Å². The van der Waals surface area contributed by atoms with E-state index in [2.05, 4.69) is 25.5 Å². The number of ether oxygens (including phenoxy) is 2. The molecule has 0 spiro atoms. The molecular formula is C17H20ClN5O3. The van der Waals surface area contributed by atoms with E-state index in [1.165, 1.54) is 7.11 Å². The quantitative estimate of drug-likeness (QED) is 0.831. The number of halogens is 1. The Bertz CT molecular complexity index is 768. The zero-order chi connectivity index (χ0) is 18.4. The smallest absolute Gasteiger partial charge is 0.319 e. The summed E-state index contributed by atoms with van der Waals surface area (Å²) >= 11 is 5.96. The molecule has 8 nitrogen and oxygen atoms in total. The molecule has 26 heavy (non-hydrogen) atoms. The highest BCUT2D eigenvalue weighted by molar-refractivity contribution is 6.31. The highest BCUT2D eigenvalue weighted by Crippen LogP contribution is 2.27. The fourth-order valence-electron chi connectivity index (χ4n) is 2.51. The van der Waals surface area contributed by atoms with Crippen LogP contribution in [0.1, 0.15) is 5.69 Å². The Morgan fingerprint density at radius 1 is 1.35 bits per heavy atom. The molecule has 0 unspecified atom stereocenters. The number of aromatic nitrogens is 2. The number of hydrogen-bond donors (Lipinski definition) is 2. The third-order valence-corrected chi connectivity index (χ3v) is 4.07. The van der Waals surface area contributed by atoms with Gasteiger partial charge in [-0.3, -0.25) is 0 Å². The maximum atomic E-state index is 12.2. The highest BCUT2D eigenvalue weighted by Gasteiger charge is 2.14. The minimum Gasteiger partial charge on any atom is -0.495 e. The summed E-state index contributed by atoms with van der Waals surface area (Å²) in [5.74, 6) is 1.17. The minimum atomic E-state index is -0.378. The van der Waals surface area contributed by atoms with Gasteiger partial charge in [-0.25, -0.2) is 14.8 Å². The Hall–Kier alpha value is -2.58. The van der Waals surface area contributed by atoms with Gasteiger partial charge in [0, 0.05) is 24.3 Å². The number of benzene rings is 1. The van der Waals surface area contributed by atoms with Gasteiger partial charge in [0.05, 0.1) is 38.2 Å². The van der Waals surface area contributed by atoms with Gasteiger partial charge in [0.15, 0.2) is 0 Å². The molecule has 1 aromatic heterocycles. The van der Waals surface area contributed by atoms with Crippen molar-refractivity contribution >= 4 is 29.3 Å². The first-order chi connectivity index (χ1) is 12.7. The summed E-state index contributed by atoms with van der Waals surface area (Å²) in [5.41, 5.74) is 1.21. The second-order valence-corrected chi connectivity index (χ2v) is 6.04. The van der Waals surface area contributed by atoms with E-state index in [1.54, 1.807) is 30.5 Å². The van der Waals surface area contributed by atoms with Crippen LogP contribution in [0.5, 0.6) is 5.75 Å². The number of carbonyl (C=O) groups excluding carboxylic acids is 1. The normalized spacial score (nSPS) is 14.0. The average molecular weight is 378 g/mol. The maximum absolute atomic E-state index is 12.2. The van der Waals surface area contributed by atoms with E-state index in [0.717, 1.165) is 18.8 Å². The first-order valence-corrected chi connectivity index (χ1v) is 8.56. The van der Waals surface area contributed by atoms with Gasteiger partial charge < -0.3 is 25.0 Å². The summed E-state index contributed by atoms with van der Waals surface area (Å²) in [6, 6.07) is 6.40. The predicted molar refractivity (Wildman–Crippen MR) is 98.9 cm³/mol. The van der Waals surface area contributed by atoms with Crippen LogP contribution in [0.4, 0.5) is 16.4 Å². The van der Waals surface area contributed by atoms with E-state index in [4.69, 9.17) is 21.1 Å². The number of methoxy groups -OCH3 is 1. The van der Waals surface area contributed by atoms with Crippen LogP contribution < -0.4 is 20.3 Å². The molecule has 138 valence electrons. The molecule has 2 amide bonds. The lowest BCUT2D eigenvalue weighted by molar-refractivity contribution is 0.122. The van der Waals surface area contributed by atoms with Gasteiger partial charge in [0.2, 0.25) is 5.95 Å². The van der Waals surface area contributed by atoms with Crippen molar-refractivity contribution in [3.63, 3.8) is 0 Å². The Labute approximate surface area is 156 Å². The summed E-state index contributed by atoms with van der Waals surface area (Å²) in [5, 5.41) is 5.99. The number of anilines is 2. The summed E-state index contributed by atoms with van der Waals surface area (Å²) in [6.07, 6.45) is 1.69. The lowest BCUT2D eigenvalue weighted by atomic mass is 10.3. The topological polar surface area (TPSA) is 88.6 Å². The molecule has 0 bridgehead atoms. The van der Waals surface area contributed by atoms with Crippen molar-refractivity contribution in [2.75, 3.05) is 43.6 Å². The number of hydrogen-bond acceptors (Lipinski definition) is 6. The number of amides is 2. The fraction of sp³-hybridized carbons (Fsp3) is 0.353. The lowest BCUT2D eigenvalue weighted by Crippen LogP contribution is -2.37. The van der Waals surface area contributed by atoms with Crippen molar-refractivity contribution in [2.24, 2.45) is 0 Å². The van der Waals surface area contributed by atoms with Crippen molar-refractivity contribution in [1.82, 2.24) is 15.3 Å². The van der Waals surface area contributed by atoms with Crippen LogP contribution in [0, 0.1) is 0 Å². The predicted octanol–water partition coefficient (Wildman–Crippen LogP) is 2.30. The van der Waals surface area contributed by atoms with E-state index in [1.807, 2.05) is 0 Å². The summed E-state index contributed by atoms with van der Waals surface area (Å²) in [6.45, 7) is 3.11. The van der Waals surface area contributed by atoms with Crippen LogP contribution in [0.2, 0.25) is 5.02 Å². The molecule has 2 heterocycles. The average Bonchev–Trinajstić information content (AvgIpc) is 2.67. The highest BCUT2D eigenvalue weighted by atomic mass is 35.5. The minimum absolute atomic E-state index is 0.272. The Morgan fingerprint density at radius 2 is 2.15 bits per heavy atom. The number of nitrogens with one attached hydrogen (secondary N) is 2. The van der Waals surface area contributed by atoms with Gasteiger partial charge in [0.25, 0.3) is 0 Å². The zero-order valence-electron chi connectivity index (χ0n) is 14.4. The largest absolute Gasteiger partial charge is 0.495 e. The number of rotatable bonds is 5. The van der Waals surface area contributed by atoms with E-state index in [9.17, 15) is 4.79 Å². The first-order valence-electron chi connectivity index (χ1n) is 8.19. The first kappa shape index (κ1) is 18.2. The third-order valence-electron chi connectivity index (χ3n) is 3.83. The molecule has 0 saturated carbocycles. The molecule has 0 atom stereocenters. The second-order valence-electron chi connectivity index (χ2n) is 5.60. The van der Waals surface area contributed by atoms with Crippen LogP contribution in [0.15, 0.2) is 30.5 Å². The van der Waals surface area contributed by atoms with E-state index in [0.29, 0.717) is 35.6 Å². The number of carbonyl (C=O) groups is 1. The van der Waals surface area contributed by atoms with Gasteiger partial charge in [0.1, 0.15) is 5.75 Å². The number of nitrogens with zero attached hydrogens (tertiary/aromatic N) is 3. The van der Waals surface area contributed by atoms with Crippen LogP contribution in [0.25, 0.3) is 0 Å². The van der Waals surface area contributed by atoms with Crippen LogP contribution in [-0.4, -0.2) is 49.4 Å². The molecule has 2 N–H and O–H groups in total. The van der Waals surface area contributed by atoms with Gasteiger partial charge in [-0.15, -0.1) is 0 Å². The van der Waals surface area contributed by atoms with E-state index < -0.39 is 0 Å². The number of morpholine rings is 1.